The lowest BCUT2D eigenvalue weighted by atomic mass is 10.2. The minimum Gasteiger partial charge on any atom is -0.460 e. The normalized spacial score (nSPS) is 13.4. The van der Waals surface area contributed by atoms with Gasteiger partial charge in [-0.3, -0.25) is 9.20 Å². The standard InChI is InChI=1S/C14H19N3O2S/c1-14(2,3)19-13(18)9-10(15)20-12-6-4-5-11-16-7-8-17(11)12/h4-8,10H,9,15H2,1-3H3. The molecule has 5 nitrogen and oxygen atoms in total. The van der Waals surface area contributed by atoms with Crippen LogP contribution in [0.5, 0.6) is 0 Å². The number of nitrogens with two attached hydrogens (primary N) is 1. The van der Waals surface area contributed by atoms with Gasteiger partial charge in [0.25, 0.3) is 0 Å². The number of hydrogen-bond acceptors (Lipinski definition) is 5. The monoisotopic (exact) mass is 293 g/mol. The highest BCUT2D eigenvalue weighted by Crippen LogP contribution is 2.24. The summed E-state index contributed by atoms with van der Waals surface area (Å²) in [6.07, 6.45) is 3.78. The van der Waals surface area contributed by atoms with Crippen molar-refractivity contribution in [3.63, 3.8) is 0 Å². The van der Waals surface area contributed by atoms with Gasteiger partial charge in [-0.2, -0.15) is 0 Å². The second-order valence-corrected chi connectivity index (χ2v) is 6.73. The van der Waals surface area contributed by atoms with Gasteiger partial charge in [0, 0.05) is 12.4 Å². The van der Waals surface area contributed by atoms with Crippen molar-refractivity contribution >= 4 is 23.4 Å². The SMILES string of the molecule is CC(C)(C)OC(=O)CC(N)Sc1cccc2nccn12. The predicted octanol–water partition coefficient (Wildman–Crippen LogP) is 2.44. The molecular weight excluding hydrogens is 274 g/mol. The Morgan fingerprint density at radius 3 is 2.95 bits per heavy atom. The van der Waals surface area contributed by atoms with Gasteiger partial charge in [0.15, 0.2) is 0 Å². The highest BCUT2D eigenvalue weighted by atomic mass is 32.2. The zero-order valence-electron chi connectivity index (χ0n) is 11.9. The van der Waals surface area contributed by atoms with E-state index < -0.39 is 5.60 Å². The minimum atomic E-state index is -0.480. The topological polar surface area (TPSA) is 69.6 Å². The Morgan fingerprint density at radius 1 is 1.50 bits per heavy atom. The van der Waals surface area contributed by atoms with Gasteiger partial charge in [0.05, 0.1) is 16.8 Å². The van der Waals surface area contributed by atoms with Crippen molar-refractivity contribution in [1.29, 1.82) is 0 Å². The van der Waals surface area contributed by atoms with Gasteiger partial charge in [0.2, 0.25) is 0 Å². The number of fused-ring (bicyclic) bond motifs is 1. The highest BCUT2D eigenvalue weighted by molar-refractivity contribution is 7.99. The first-order valence-corrected chi connectivity index (χ1v) is 7.29. The first-order valence-electron chi connectivity index (χ1n) is 6.41. The van der Waals surface area contributed by atoms with E-state index in [2.05, 4.69) is 4.98 Å². The molecule has 1 unspecified atom stereocenters. The van der Waals surface area contributed by atoms with E-state index >= 15 is 0 Å². The van der Waals surface area contributed by atoms with Gasteiger partial charge in [0.1, 0.15) is 11.2 Å². The van der Waals surface area contributed by atoms with E-state index in [-0.39, 0.29) is 17.8 Å². The molecule has 2 N–H and O–H groups in total. The van der Waals surface area contributed by atoms with E-state index in [1.54, 1.807) is 6.20 Å². The van der Waals surface area contributed by atoms with E-state index in [1.165, 1.54) is 11.8 Å². The highest BCUT2D eigenvalue weighted by Gasteiger charge is 2.19. The molecule has 0 saturated heterocycles. The molecule has 6 heteroatoms. The lowest BCUT2D eigenvalue weighted by molar-refractivity contribution is -0.154. The summed E-state index contributed by atoms with van der Waals surface area (Å²) in [7, 11) is 0. The van der Waals surface area contributed by atoms with Gasteiger partial charge in [-0.25, -0.2) is 4.98 Å². The molecule has 0 spiro atoms. The van der Waals surface area contributed by atoms with Crippen LogP contribution in [0, 0.1) is 0 Å². The third kappa shape index (κ3) is 3.98. The zero-order valence-corrected chi connectivity index (χ0v) is 12.7. The van der Waals surface area contributed by atoms with Crippen molar-refractivity contribution in [2.75, 3.05) is 0 Å². The Hall–Kier alpha value is -1.53. The summed E-state index contributed by atoms with van der Waals surface area (Å²) in [6.45, 7) is 5.53. The Balaban J connectivity index is 1.99. The lowest BCUT2D eigenvalue weighted by Gasteiger charge is -2.20. The third-order valence-corrected chi connectivity index (χ3v) is 3.49. The molecular formula is C14H19N3O2S. The number of imidazole rings is 1. The van der Waals surface area contributed by atoms with E-state index in [1.807, 2.05) is 49.6 Å². The van der Waals surface area contributed by atoms with Crippen LogP contribution in [0.1, 0.15) is 27.2 Å². The van der Waals surface area contributed by atoms with E-state index in [0.717, 1.165) is 10.7 Å². The summed E-state index contributed by atoms with van der Waals surface area (Å²) < 4.78 is 7.21. The van der Waals surface area contributed by atoms with Crippen molar-refractivity contribution in [2.45, 2.75) is 43.2 Å². The Bertz CT molecular complexity index is 604. The summed E-state index contributed by atoms with van der Waals surface area (Å²) >= 11 is 1.43. The van der Waals surface area contributed by atoms with Gasteiger partial charge < -0.3 is 10.5 Å². The molecule has 0 bridgehead atoms. The molecule has 108 valence electrons. The van der Waals surface area contributed by atoms with E-state index in [4.69, 9.17) is 10.5 Å². The number of hydrogen-bond donors (Lipinski definition) is 1. The molecule has 1 atom stereocenters. The number of carbonyl (C=O) groups excluding carboxylic acids is 1. The van der Waals surface area contributed by atoms with Crippen LogP contribution in [0.15, 0.2) is 35.6 Å². The molecule has 0 radical (unpaired) electrons. The Kier molecular flexibility index (Phi) is 4.35. The van der Waals surface area contributed by atoms with Crippen molar-refractivity contribution in [1.82, 2.24) is 9.38 Å². The van der Waals surface area contributed by atoms with Crippen LogP contribution in [-0.4, -0.2) is 26.3 Å². The average molecular weight is 293 g/mol. The van der Waals surface area contributed by atoms with E-state index in [9.17, 15) is 4.79 Å². The van der Waals surface area contributed by atoms with Crippen LogP contribution in [0.2, 0.25) is 0 Å². The van der Waals surface area contributed by atoms with E-state index in [0.29, 0.717) is 0 Å². The fraction of sp³-hybridized carbons (Fsp3) is 0.429. The van der Waals surface area contributed by atoms with Crippen LogP contribution < -0.4 is 5.73 Å². The second-order valence-electron chi connectivity index (χ2n) is 5.47. The molecule has 2 aromatic heterocycles. The molecule has 2 heterocycles. The second kappa shape index (κ2) is 5.85. The molecule has 0 aliphatic carbocycles. The number of carbonyl (C=O) groups is 1. The van der Waals surface area contributed by atoms with Crippen LogP contribution in [0.25, 0.3) is 5.65 Å². The molecule has 0 amide bonds. The maximum Gasteiger partial charge on any atom is 0.308 e. The summed E-state index contributed by atoms with van der Waals surface area (Å²) in [5, 5.41) is 0.605. The smallest absolute Gasteiger partial charge is 0.308 e. The molecule has 20 heavy (non-hydrogen) atoms. The third-order valence-electron chi connectivity index (χ3n) is 2.45. The van der Waals surface area contributed by atoms with Crippen LogP contribution in [0.3, 0.4) is 0 Å². The lowest BCUT2D eigenvalue weighted by Crippen LogP contribution is -2.28. The van der Waals surface area contributed by atoms with Crippen molar-refractivity contribution in [3.8, 4) is 0 Å². The van der Waals surface area contributed by atoms with Gasteiger partial charge in [-0.05, 0) is 32.9 Å². The fourth-order valence-corrected chi connectivity index (χ4v) is 2.72. The van der Waals surface area contributed by atoms with Crippen molar-refractivity contribution < 1.29 is 9.53 Å². The van der Waals surface area contributed by atoms with Crippen LogP contribution in [-0.2, 0) is 9.53 Å². The molecule has 0 saturated carbocycles. The summed E-state index contributed by atoms with van der Waals surface area (Å²) in [6, 6.07) is 5.79. The number of aromatic nitrogens is 2. The molecule has 2 aromatic rings. The Morgan fingerprint density at radius 2 is 2.25 bits per heavy atom. The number of pyridine rings is 1. The zero-order chi connectivity index (χ0) is 14.8. The fourth-order valence-electron chi connectivity index (χ4n) is 1.76. The van der Waals surface area contributed by atoms with Gasteiger partial charge in [-0.1, -0.05) is 17.8 Å². The maximum atomic E-state index is 11.7. The summed E-state index contributed by atoms with van der Waals surface area (Å²) in [5.74, 6) is -0.282. The molecule has 0 fully saturated rings. The first kappa shape index (κ1) is 14.9. The maximum absolute atomic E-state index is 11.7. The van der Waals surface area contributed by atoms with Crippen LogP contribution in [0.4, 0.5) is 0 Å². The number of nitrogens with zero attached hydrogens (tertiary/aromatic N) is 2. The summed E-state index contributed by atoms with van der Waals surface area (Å²) in [5.41, 5.74) is 6.39. The predicted molar refractivity (Wildman–Crippen MR) is 79.5 cm³/mol. The quantitative estimate of drug-likeness (QED) is 0.532. The first-order chi connectivity index (χ1) is 9.35. The number of thioether (sulfide) groups is 1. The van der Waals surface area contributed by atoms with Gasteiger partial charge >= 0.3 is 5.97 Å². The number of rotatable bonds is 4. The molecule has 0 aliphatic rings. The van der Waals surface area contributed by atoms with Crippen molar-refractivity contribution in [2.24, 2.45) is 5.73 Å². The number of esters is 1. The largest absolute Gasteiger partial charge is 0.460 e. The van der Waals surface area contributed by atoms with Gasteiger partial charge in [-0.15, -0.1) is 0 Å². The number of ether oxygens (including phenoxy) is 1. The molecule has 2 rings (SSSR count). The minimum absolute atomic E-state index is 0.174. The molecule has 0 aliphatic heterocycles. The van der Waals surface area contributed by atoms with Crippen LogP contribution >= 0.6 is 11.8 Å². The molecule has 0 aromatic carbocycles. The summed E-state index contributed by atoms with van der Waals surface area (Å²) in [4.78, 5) is 16.0. The van der Waals surface area contributed by atoms with Crippen molar-refractivity contribution in [3.05, 3.63) is 30.6 Å². The average Bonchev–Trinajstić information content (AvgIpc) is 2.74. The Labute approximate surface area is 122 Å².